The summed E-state index contributed by atoms with van der Waals surface area (Å²) in [5.74, 6) is -0.0321. The van der Waals surface area contributed by atoms with Gasteiger partial charge in [0.1, 0.15) is 5.75 Å². The Hall–Kier alpha value is -3.67. The van der Waals surface area contributed by atoms with Gasteiger partial charge in [0.05, 0.1) is 23.8 Å². The lowest BCUT2D eigenvalue weighted by Gasteiger charge is -2.08. The van der Waals surface area contributed by atoms with E-state index in [-0.39, 0.29) is 17.3 Å². The van der Waals surface area contributed by atoms with Crippen molar-refractivity contribution in [1.29, 1.82) is 0 Å². The predicted octanol–water partition coefficient (Wildman–Crippen LogP) is 4.26. The van der Waals surface area contributed by atoms with E-state index in [1.165, 1.54) is 6.07 Å². The molecule has 1 heterocycles. The third kappa shape index (κ3) is 2.57. The molecular weight excluding hydrogens is 332 g/mol. The number of hydrogen-bond donors (Lipinski definition) is 1. The topological polar surface area (TPSA) is 85.5 Å². The fourth-order valence-electron chi connectivity index (χ4n) is 2.93. The second-order valence-corrected chi connectivity index (χ2v) is 5.63. The summed E-state index contributed by atoms with van der Waals surface area (Å²) in [5, 5.41) is 19.5. The summed E-state index contributed by atoms with van der Waals surface area (Å²) in [6, 6.07) is 18.1. The van der Waals surface area contributed by atoms with E-state index in [0.717, 1.165) is 10.8 Å². The van der Waals surface area contributed by atoms with Gasteiger partial charge in [-0.3, -0.25) is 0 Å². The molecule has 0 aliphatic carbocycles. The van der Waals surface area contributed by atoms with E-state index in [2.05, 4.69) is 10.2 Å². The largest absolute Gasteiger partial charge is 0.496 e. The molecule has 0 aliphatic heterocycles. The summed E-state index contributed by atoms with van der Waals surface area (Å²) in [7, 11) is 1.57. The minimum Gasteiger partial charge on any atom is -0.496 e. The van der Waals surface area contributed by atoms with E-state index < -0.39 is 5.97 Å². The van der Waals surface area contributed by atoms with Gasteiger partial charge in [0.2, 0.25) is 5.89 Å². The zero-order chi connectivity index (χ0) is 18.1. The van der Waals surface area contributed by atoms with Crippen molar-refractivity contribution in [3.63, 3.8) is 0 Å². The van der Waals surface area contributed by atoms with Crippen LogP contribution < -0.4 is 4.74 Å². The molecule has 26 heavy (non-hydrogen) atoms. The number of carboxylic acids is 1. The zero-order valence-corrected chi connectivity index (χ0v) is 13.8. The number of ether oxygens (including phenoxy) is 1. The first-order chi connectivity index (χ1) is 12.7. The monoisotopic (exact) mass is 346 g/mol. The Morgan fingerprint density at radius 2 is 1.69 bits per heavy atom. The Morgan fingerprint density at radius 1 is 0.962 bits per heavy atom. The second kappa shape index (κ2) is 6.33. The Kier molecular flexibility index (Phi) is 3.85. The number of aromatic nitrogens is 2. The Balaban J connectivity index is 1.91. The van der Waals surface area contributed by atoms with E-state index in [0.29, 0.717) is 16.9 Å². The molecule has 4 aromatic rings. The maximum Gasteiger partial charge on any atom is 0.336 e. The van der Waals surface area contributed by atoms with Gasteiger partial charge in [-0.05, 0) is 29.0 Å². The number of rotatable bonds is 4. The van der Waals surface area contributed by atoms with Crippen LogP contribution in [0.4, 0.5) is 0 Å². The molecule has 0 fully saturated rings. The van der Waals surface area contributed by atoms with Crippen molar-refractivity contribution in [2.24, 2.45) is 0 Å². The van der Waals surface area contributed by atoms with Gasteiger partial charge in [-0.15, -0.1) is 10.2 Å². The Morgan fingerprint density at radius 3 is 2.50 bits per heavy atom. The van der Waals surface area contributed by atoms with Crippen LogP contribution in [0.2, 0.25) is 0 Å². The van der Waals surface area contributed by atoms with Crippen molar-refractivity contribution >= 4 is 16.7 Å². The molecule has 0 atom stereocenters. The van der Waals surface area contributed by atoms with Gasteiger partial charge >= 0.3 is 5.97 Å². The summed E-state index contributed by atoms with van der Waals surface area (Å²) >= 11 is 0. The quantitative estimate of drug-likeness (QED) is 0.594. The number of benzene rings is 3. The molecule has 1 N–H and O–H groups in total. The van der Waals surface area contributed by atoms with Crippen LogP contribution in [0.15, 0.2) is 65.1 Å². The molecular formula is C20H14N2O4. The molecule has 1 aromatic heterocycles. The maximum atomic E-state index is 11.4. The second-order valence-electron chi connectivity index (χ2n) is 5.63. The minimum absolute atomic E-state index is 0.104. The van der Waals surface area contributed by atoms with Crippen LogP contribution in [0.1, 0.15) is 10.4 Å². The van der Waals surface area contributed by atoms with Crippen molar-refractivity contribution in [3.8, 4) is 28.7 Å². The summed E-state index contributed by atoms with van der Waals surface area (Å²) < 4.78 is 11.3. The molecule has 0 radical (unpaired) electrons. The lowest BCUT2D eigenvalue weighted by molar-refractivity contribution is 0.0697. The van der Waals surface area contributed by atoms with Crippen LogP contribution >= 0.6 is 0 Å². The fraction of sp³-hybridized carbons (Fsp3) is 0.0500. The molecule has 0 spiro atoms. The summed E-state index contributed by atoms with van der Waals surface area (Å²) in [4.78, 5) is 11.4. The zero-order valence-electron chi connectivity index (χ0n) is 13.8. The lowest BCUT2D eigenvalue weighted by atomic mass is 10.0. The van der Waals surface area contributed by atoms with Crippen LogP contribution in [0.5, 0.6) is 5.75 Å². The number of hydrogen-bond acceptors (Lipinski definition) is 5. The van der Waals surface area contributed by atoms with Crippen LogP contribution in [-0.4, -0.2) is 28.4 Å². The lowest BCUT2D eigenvalue weighted by Crippen LogP contribution is -1.99. The summed E-state index contributed by atoms with van der Waals surface area (Å²) in [6.45, 7) is 0. The van der Waals surface area contributed by atoms with E-state index in [1.807, 2.05) is 36.4 Å². The number of carbonyl (C=O) groups is 1. The van der Waals surface area contributed by atoms with Crippen molar-refractivity contribution in [2.45, 2.75) is 0 Å². The van der Waals surface area contributed by atoms with Crippen molar-refractivity contribution in [2.75, 3.05) is 7.11 Å². The van der Waals surface area contributed by atoms with E-state index in [1.54, 1.807) is 25.3 Å². The van der Waals surface area contributed by atoms with Gasteiger partial charge in [-0.1, -0.05) is 42.5 Å². The highest BCUT2D eigenvalue weighted by Gasteiger charge is 2.20. The van der Waals surface area contributed by atoms with Gasteiger partial charge in [0, 0.05) is 0 Å². The molecule has 6 heteroatoms. The van der Waals surface area contributed by atoms with Crippen LogP contribution in [-0.2, 0) is 0 Å². The van der Waals surface area contributed by atoms with Crippen LogP contribution in [0, 0.1) is 0 Å². The molecule has 128 valence electrons. The average Bonchev–Trinajstić information content (AvgIpc) is 3.16. The maximum absolute atomic E-state index is 11.4. The normalized spacial score (nSPS) is 10.8. The van der Waals surface area contributed by atoms with Crippen LogP contribution in [0.3, 0.4) is 0 Å². The van der Waals surface area contributed by atoms with Crippen molar-refractivity contribution in [3.05, 3.63) is 66.2 Å². The highest BCUT2D eigenvalue weighted by molar-refractivity contribution is 5.98. The van der Waals surface area contributed by atoms with E-state index >= 15 is 0 Å². The highest BCUT2D eigenvalue weighted by atomic mass is 16.5. The Bertz CT molecular complexity index is 1120. The van der Waals surface area contributed by atoms with Gasteiger partial charge in [0.25, 0.3) is 5.89 Å². The number of aromatic carboxylic acids is 1. The molecule has 4 rings (SSSR count). The molecule has 0 aliphatic rings. The molecule has 0 unspecified atom stereocenters. The summed E-state index contributed by atoms with van der Waals surface area (Å²) in [6.07, 6.45) is 0. The number of methoxy groups -OCH3 is 1. The van der Waals surface area contributed by atoms with Gasteiger partial charge in [-0.2, -0.15) is 0 Å². The average molecular weight is 346 g/mol. The summed E-state index contributed by atoms with van der Waals surface area (Å²) in [5.41, 5.74) is 1.16. The molecule has 0 saturated heterocycles. The Labute approximate surface area is 148 Å². The van der Waals surface area contributed by atoms with E-state index in [9.17, 15) is 9.90 Å². The third-order valence-corrected chi connectivity index (χ3v) is 4.14. The van der Waals surface area contributed by atoms with Crippen molar-refractivity contribution in [1.82, 2.24) is 10.2 Å². The number of fused-ring (bicyclic) bond motifs is 1. The first kappa shape index (κ1) is 15.8. The first-order valence-corrected chi connectivity index (χ1v) is 7.91. The third-order valence-electron chi connectivity index (χ3n) is 4.14. The van der Waals surface area contributed by atoms with E-state index in [4.69, 9.17) is 9.15 Å². The predicted molar refractivity (Wildman–Crippen MR) is 96.2 cm³/mol. The fourth-order valence-corrected chi connectivity index (χ4v) is 2.93. The first-order valence-electron chi connectivity index (χ1n) is 7.91. The van der Waals surface area contributed by atoms with Gasteiger partial charge in [0.15, 0.2) is 0 Å². The van der Waals surface area contributed by atoms with Gasteiger partial charge < -0.3 is 14.3 Å². The molecule has 6 nitrogen and oxygen atoms in total. The van der Waals surface area contributed by atoms with Crippen molar-refractivity contribution < 1.29 is 19.1 Å². The SMILES string of the molecule is COc1ccc2ccccc2c1-c1nnc(-c2ccccc2C(=O)O)o1. The molecule has 0 saturated carbocycles. The standard InChI is InChI=1S/C20H14N2O4/c1-25-16-11-10-12-6-2-3-7-13(12)17(16)19-22-21-18(26-19)14-8-4-5-9-15(14)20(23)24/h2-11H,1H3,(H,23,24). The molecule has 3 aromatic carbocycles. The number of carboxylic acid groups (broad SMARTS) is 1. The van der Waals surface area contributed by atoms with Gasteiger partial charge in [-0.25, -0.2) is 4.79 Å². The molecule has 0 bridgehead atoms. The smallest absolute Gasteiger partial charge is 0.336 e. The molecule has 0 amide bonds. The highest BCUT2D eigenvalue weighted by Crippen LogP contribution is 2.37. The minimum atomic E-state index is -1.05. The number of nitrogens with zero attached hydrogens (tertiary/aromatic N) is 2. The van der Waals surface area contributed by atoms with Crippen LogP contribution in [0.25, 0.3) is 33.7 Å².